The van der Waals surface area contributed by atoms with Gasteiger partial charge in [-0.2, -0.15) is 0 Å². The van der Waals surface area contributed by atoms with Crippen molar-refractivity contribution in [1.82, 2.24) is 4.90 Å². The van der Waals surface area contributed by atoms with Crippen LogP contribution in [0.2, 0.25) is 0 Å². The molecular weight excluding hydrogens is 224 g/mol. The number of hydrogen-bond donors (Lipinski definition) is 1. The second-order valence-electron chi connectivity index (χ2n) is 4.89. The van der Waals surface area contributed by atoms with E-state index < -0.39 is 0 Å². The predicted molar refractivity (Wildman–Crippen MR) is 74.3 cm³/mol. The molecule has 0 fully saturated rings. The van der Waals surface area contributed by atoms with Crippen LogP contribution in [0.3, 0.4) is 0 Å². The largest absolute Gasteiger partial charge is 0.411 e. The van der Waals surface area contributed by atoms with Gasteiger partial charge in [0.1, 0.15) is 0 Å². The minimum atomic E-state index is 0.0962. The molecule has 0 amide bonds. The molecule has 1 aliphatic heterocycles. The van der Waals surface area contributed by atoms with E-state index in [4.69, 9.17) is 5.21 Å². The van der Waals surface area contributed by atoms with E-state index in [-0.39, 0.29) is 5.92 Å². The minimum absolute atomic E-state index is 0.0962. The molecule has 2 rings (SSSR count). The van der Waals surface area contributed by atoms with E-state index in [2.05, 4.69) is 35.3 Å². The molecule has 3 nitrogen and oxygen atoms in total. The van der Waals surface area contributed by atoms with Crippen LogP contribution in [0.15, 0.2) is 47.1 Å². The summed E-state index contributed by atoms with van der Waals surface area (Å²) in [6, 6.07) is 10.2. The molecule has 1 unspecified atom stereocenters. The van der Waals surface area contributed by atoms with Crippen molar-refractivity contribution in [3.05, 3.63) is 47.5 Å². The molecule has 1 heterocycles. The molecule has 0 saturated heterocycles. The van der Waals surface area contributed by atoms with Crippen LogP contribution in [0.5, 0.6) is 0 Å². The molecule has 96 valence electrons. The molecule has 1 aromatic rings. The van der Waals surface area contributed by atoms with Gasteiger partial charge < -0.3 is 10.1 Å². The summed E-state index contributed by atoms with van der Waals surface area (Å²) in [5, 5.41) is 12.5. The zero-order valence-electron chi connectivity index (χ0n) is 11.0. The van der Waals surface area contributed by atoms with E-state index in [9.17, 15) is 0 Å². The number of rotatable bonds is 3. The first-order chi connectivity index (χ1) is 8.72. The second-order valence-corrected chi connectivity index (χ2v) is 4.89. The lowest BCUT2D eigenvalue weighted by atomic mass is 9.85. The molecular formula is C15H20N2O. The van der Waals surface area contributed by atoms with Crippen LogP contribution in [-0.4, -0.2) is 36.0 Å². The van der Waals surface area contributed by atoms with Crippen LogP contribution < -0.4 is 0 Å². The second kappa shape index (κ2) is 5.83. The number of benzene rings is 1. The zero-order valence-corrected chi connectivity index (χ0v) is 11.0. The summed E-state index contributed by atoms with van der Waals surface area (Å²) in [6.45, 7) is 3.92. The topological polar surface area (TPSA) is 35.8 Å². The first kappa shape index (κ1) is 12.8. The summed E-state index contributed by atoms with van der Waals surface area (Å²) in [5.74, 6) is 0.0962. The van der Waals surface area contributed by atoms with Crippen molar-refractivity contribution >= 4 is 5.71 Å². The fraction of sp³-hybridized carbons (Fsp3) is 0.400. The SMILES string of the molecule is CC(=NO)C(C1=CCCN(C)C1)c1ccccc1. The van der Waals surface area contributed by atoms with Crippen LogP contribution >= 0.6 is 0 Å². The van der Waals surface area contributed by atoms with Gasteiger partial charge >= 0.3 is 0 Å². The smallest absolute Gasteiger partial charge is 0.0655 e. The van der Waals surface area contributed by atoms with Gasteiger partial charge in [-0.3, -0.25) is 0 Å². The third kappa shape index (κ3) is 2.79. The monoisotopic (exact) mass is 244 g/mol. The Morgan fingerprint density at radius 1 is 1.33 bits per heavy atom. The maximum absolute atomic E-state index is 9.11. The van der Waals surface area contributed by atoms with Gasteiger partial charge in [0, 0.05) is 19.0 Å². The van der Waals surface area contributed by atoms with E-state index in [0.717, 1.165) is 25.2 Å². The lowest BCUT2D eigenvalue weighted by Crippen LogP contribution is -2.29. The summed E-state index contributed by atoms with van der Waals surface area (Å²) in [7, 11) is 2.13. The number of likely N-dealkylation sites (N-methyl/N-ethyl adjacent to an activating group) is 1. The van der Waals surface area contributed by atoms with Crippen LogP contribution in [0.1, 0.15) is 24.8 Å². The summed E-state index contributed by atoms with van der Waals surface area (Å²) < 4.78 is 0. The fourth-order valence-corrected chi connectivity index (χ4v) is 2.56. The highest BCUT2D eigenvalue weighted by molar-refractivity contribution is 5.91. The third-order valence-corrected chi connectivity index (χ3v) is 3.45. The van der Waals surface area contributed by atoms with Crippen molar-refractivity contribution < 1.29 is 5.21 Å². The standard InChI is InChI=1S/C15H20N2O/c1-12(16-18)15(13-7-4-3-5-8-13)14-9-6-10-17(2)11-14/h3-5,7-9,15,18H,6,10-11H2,1-2H3. The molecule has 1 N–H and O–H groups in total. The average molecular weight is 244 g/mol. The van der Waals surface area contributed by atoms with Crippen molar-refractivity contribution in [3.8, 4) is 0 Å². The minimum Gasteiger partial charge on any atom is -0.411 e. The molecule has 0 aromatic heterocycles. The van der Waals surface area contributed by atoms with Gasteiger partial charge in [0.15, 0.2) is 0 Å². The third-order valence-electron chi connectivity index (χ3n) is 3.45. The van der Waals surface area contributed by atoms with Gasteiger partial charge in [-0.15, -0.1) is 0 Å². The van der Waals surface area contributed by atoms with Crippen molar-refractivity contribution in [2.75, 3.05) is 20.1 Å². The Hall–Kier alpha value is -1.61. The van der Waals surface area contributed by atoms with Crippen molar-refractivity contribution in [2.24, 2.45) is 5.16 Å². The van der Waals surface area contributed by atoms with Crippen LogP contribution in [0.4, 0.5) is 0 Å². The molecule has 1 aromatic carbocycles. The Balaban J connectivity index is 2.35. The first-order valence-electron chi connectivity index (χ1n) is 6.33. The van der Waals surface area contributed by atoms with Crippen molar-refractivity contribution in [2.45, 2.75) is 19.3 Å². The Kier molecular flexibility index (Phi) is 4.15. The van der Waals surface area contributed by atoms with Crippen LogP contribution in [0.25, 0.3) is 0 Å². The number of oxime groups is 1. The van der Waals surface area contributed by atoms with E-state index in [0.29, 0.717) is 0 Å². The molecule has 0 spiro atoms. The van der Waals surface area contributed by atoms with Gasteiger partial charge in [0.25, 0.3) is 0 Å². The van der Waals surface area contributed by atoms with E-state index in [1.54, 1.807) is 0 Å². The lowest BCUT2D eigenvalue weighted by molar-refractivity contribution is 0.315. The van der Waals surface area contributed by atoms with Crippen molar-refractivity contribution in [1.29, 1.82) is 0 Å². The van der Waals surface area contributed by atoms with Gasteiger partial charge in [-0.05, 0) is 31.5 Å². The quantitative estimate of drug-likeness (QED) is 0.384. The van der Waals surface area contributed by atoms with Crippen LogP contribution in [-0.2, 0) is 0 Å². The van der Waals surface area contributed by atoms with E-state index in [1.165, 1.54) is 11.1 Å². The van der Waals surface area contributed by atoms with Crippen molar-refractivity contribution in [3.63, 3.8) is 0 Å². The number of nitrogens with zero attached hydrogens (tertiary/aromatic N) is 2. The Morgan fingerprint density at radius 3 is 2.67 bits per heavy atom. The average Bonchev–Trinajstić information content (AvgIpc) is 2.40. The summed E-state index contributed by atoms with van der Waals surface area (Å²) in [6.07, 6.45) is 3.35. The Labute approximate surface area is 108 Å². The van der Waals surface area contributed by atoms with Gasteiger partial charge in [-0.25, -0.2) is 0 Å². The summed E-state index contributed by atoms with van der Waals surface area (Å²) in [5.41, 5.74) is 3.27. The highest BCUT2D eigenvalue weighted by atomic mass is 16.4. The molecule has 18 heavy (non-hydrogen) atoms. The first-order valence-corrected chi connectivity index (χ1v) is 6.33. The molecule has 1 atom stereocenters. The van der Waals surface area contributed by atoms with Gasteiger partial charge in [0.2, 0.25) is 0 Å². The molecule has 0 radical (unpaired) electrons. The van der Waals surface area contributed by atoms with Gasteiger partial charge in [0.05, 0.1) is 5.71 Å². The Bertz CT molecular complexity index is 451. The maximum atomic E-state index is 9.11. The van der Waals surface area contributed by atoms with E-state index in [1.807, 2.05) is 25.1 Å². The fourth-order valence-electron chi connectivity index (χ4n) is 2.56. The Morgan fingerprint density at radius 2 is 2.06 bits per heavy atom. The van der Waals surface area contributed by atoms with Crippen LogP contribution in [0, 0.1) is 0 Å². The predicted octanol–water partition coefficient (Wildman–Crippen LogP) is 2.88. The maximum Gasteiger partial charge on any atom is 0.0655 e. The summed E-state index contributed by atoms with van der Waals surface area (Å²) in [4.78, 5) is 2.30. The van der Waals surface area contributed by atoms with Gasteiger partial charge in [-0.1, -0.05) is 41.6 Å². The highest BCUT2D eigenvalue weighted by Crippen LogP contribution is 2.28. The van der Waals surface area contributed by atoms with E-state index >= 15 is 0 Å². The zero-order chi connectivity index (χ0) is 13.0. The molecule has 0 bridgehead atoms. The summed E-state index contributed by atoms with van der Waals surface area (Å²) >= 11 is 0. The highest BCUT2D eigenvalue weighted by Gasteiger charge is 2.22. The molecule has 0 saturated carbocycles. The molecule has 3 heteroatoms. The normalized spacial score (nSPS) is 19.4. The molecule has 1 aliphatic rings. The molecule has 0 aliphatic carbocycles. The lowest BCUT2D eigenvalue weighted by Gasteiger charge is -2.28. The number of hydrogen-bond acceptors (Lipinski definition) is 3.